The smallest absolute Gasteiger partial charge is 0.132 e. The number of nitrogens with zero attached hydrogens (tertiary/aromatic N) is 2. The quantitative estimate of drug-likeness (QED) is 0.490. The Morgan fingerprint density at radius 3 is 1.66 bits per heavy atom. The van der Waals surface area contributed by atoms with E-state index in [1.54, 1.807) is 7.11 Å². The molecule has 0 fully saturated rings. The first-order chi connectivity index (χ1) is 14.1. The summed E-state index contributed by atoms with van der Waals surface area (Å²) >= 11 is 0. The highest BCUT2D eigenvalue weighted by Gasteiger charge is 2.36. The van der Waals surface area contributed by atoms with Gasteiger partial charge in [-0.25, -0.2) is 0 Å². The molecule has 0 bridgehead atoms. The Balaban J connectivity index is 2.19. The predicted octanol–water partition coefficient (Wildman–Crippen LogP) is 5.71. The topological polar surface area (TPSA) is 36.3 Å². The molecule has 3 aromatic rings. The average Bonchev–Trinajstić information content (AvgIpc) is 2.78. The number of hydrogen-bond donors (Lipinski definition) is 0. The zero-order valence-corrected chi connectivity index (χ0v) is 17.6. The van der Waals surface area contributed by atoms with Crippen molar-refractivity contribution < 1.29 is 4.74 Å². The Labute approximate surface area is 174 Å². The fraction of sp³-hybridized carbons (Fsp3) is 0.269. The largest absolute Gasteiger partial charge is 0.497 e. The highest BCUT2D eigenvalue weighted by Crippen LogP contribution is 2.40. The Hall–Kier alpha value is -3.25. The summed E-state index contributed by atoms with van der Waals surface area (Å²) in [6.07, 6.45) is 0. The third-order valence-corrected chi connectivity index (χ3v) is 5.60. The lowest BCUT2D eigenvalue weighted by Gasteiger charge is -2.30. The Morgan fingerprint density at radius 2 is 1.24 bits per heavy atom. The van der Waals surface area contributed by atoms with Gasteiger partial charge in [-0.2, -0.15) is 5.26 Å². The number of nitriles is 1. The van der Waals surface area contributed by atoms with Gasteiger partial charge < -0.3 is 9.64 Å². The molecule has 0 amide bonds. The van der Waals surface area contributed by atoms with E-state index in [1.807, 2.05) is 24.3 Å². The van der Waals surface area contributed by atoms with Gasteiger partial charge in [0.15, 0.2) is 0 Å². The minimum absolute atomic E-state index is 0.779. The van der Waals surface area contributed by atoms with Crippen LogP contribution in [0.1, 0.15) is 36.1 Å². The van der Waals surface area contributed by atoms with Crippen molar-refractivity contribution >= 4 is 5.69 Å². The maximum Gasteiger partial charge on any atom is 0.132 e. The molecule has 3 nitrogen and oxygen atoms in total. The minimum Gasteiger partial charge on any atom is -0.497 e. The summed E-state index contributed by atoms with van der Waals surface area (Å²) in [5.74, 6) is 0.779. The van der Waals surface area contributed by atoms with Crippen LogP contribution in [0.3, 0.4) is 0 Å². The third-order valence-electron chi connectivity index (χ3n) is 5.60. The van der Waals surface area contributed by atoms with Gasteiger partial charge >= 0.3 is 0 Å². The van der Waals surface area contributed by atoms with E-state index in [4.69, 9.17) is 4.74 Å². The zero-order valence-electron chi connectivity index (χ0n) is 17.6. The van der Waals surface area contributed by atoms with Crippen molar-refractivity contribution in [3.8, 4) is 11.8 Å². The van der Waals surface area contributed by atoms with Gasteiger partial charge in [0, 0.05) is 18.8 Å². The van der Waals surface area contributed by atoms with Gasteiger partial charge in [0.05, 0.1) is 13.2 Å². The minimum atomic E-state index is -0.887. The monoisotopic (exact) mass is 384 g/mol. The summed E-state index contributed by atoms with van der Waals surface area (Å²) < 4.78 is 5.32. The van der Waals surface area contributed by atoms with Gasteiger partial charge in [-0.3, -0.25) is 0 Å². The van der Waals surface area contributed by atoms with Gasteiger partial charge in [-0.05, 0) is 61.7 Å². The molecular formula is C26H28N2O. The van der Waals surface area contributed by atoms with Crippen LogP contribution in [0, 0.1) is 18.3 Å². The molecule has 3 heteroatoms. The molecule has 0 radical (unpaired) electrons. The van der Waals surface area contributed by atoms with E-state index in [2.05, 4.69) is 80.3 Å². The molecule has 1 atom stereocenters. The molecule has 0 aliphatic carbocycles. The normalized spacial score (nSPS) is 12.7. The Bertz CT molecular complexity index is 965. The number of benzene rings is 3. The number of hydrogen-bond acceptors (Lipinski definition) is 3. The molecule has 3 rings (SSSR count). The van der Waals surface area contributed by atoms with Crippen molar-refractivity contribution in [1.29, 1.82) is 5.26 Å². The number of ether oxygens (including phenoxy) is 1. The molecule has 0 saturated heterocycles. The van der Waals surface area contributed by atoms with E-state index >= 15 is 0 Å². The SMILES string of the molecule is CCN(CC)c1ccc(C(C#N)(c2ccc(C)cc2)c2ccc(OC)cc2)cc1. The first-order valence-electron chi connectivity index (χ1n) is 10.1. The van der Waals surface area contributed by atoms with Crippen LogP contribution in [0.2, 0.25) is 0 Å². The molecule has 0 aliphatic heterocycles. The van der Waals surface area contributed by atoms with Crippen LogP contribution in [0.5, 0.6) is 5.75 Å². The molecule has 1 unspecified atom stereocenters. The van der Waals surface area contributed by atoms with Crippen molar-refractivity contribution in [2.75, 3.05) is 25.1 Å². The molecule has 0 N–H and O–H groups in total. The van der Waals surface area contributed by atoms with E-state index in [-0.39, 0.29) is 0 Å². The van der Waals surface area contributed by atoms with Crippen molar-refractivity contribution in [1.82, 2.24) is 0 Å². The molecule has 0 aliphatic rings. The highest BCUT2D eigenvalue weighted by atomic mass is 16.5. The Morgan fingerprint density at radius 1 is 0.793 bits per heavy atom. The van der Waals surface area contributed by atoms with Gasteiger partial charge in [0.2, 0.25) is 0 Å². The van der Waals surface area contributed by atoms with E-state index in [9.17, 15) is 5.26 Å². The highest BCUT2D eigenvalue weighted by molar-refractivity contribution is 5.59. The van der Waals surface area contributed by atoms with E-state index in [0.29, 0.717) is 0 Å². The number of aryl methyl sites for hydroxylation is 1. The summed E-state index contributed by atoms with van der Waals surface area (Å²) in [5.41, 5.74) is 4.31. The van der Waals surface area contributed by atoms with Crippen LogP contribution in [0.25, 0.3) is 0 Å². The fourth-order valence-corrected chi connectivity index (χ4v) is 3.85. The van der Waals surface area contributed by atoms with Crippen molar-refractivity contribution in [2.45, 2.75) is 26.2 Å². The maximum atomic E-state index is 10.5. The number of methoxy groups -OCH3 is 1. The maximum absolute atomic E-state index is 10.5. The number of rotatable bonds is 7. The van der Waals surface area contributed by atoms with E-state index in [1.165, 1.54) is 11.3 Å². The zero-order chi connectivity index (χ0) is 20.9. The van der Waals surface area contributed by atoms with Crippen LogP contribution in [0.4, 0.5) is 5.69 Å². The second kappa shape index (κ2) is 8.84. The van der Waals surface area contributed by atoms with Crippen molar-refractivity contribution in [2.24, 2.45) is 0 Å². The van der Waals surface area contributed by atoms with Crippen LogP contribution < -0.4 is 9.64 Å². The predicted molar refractivity (Wildman–Crippen MR) is 120 cm³/mol. The lowest BCUT2D eigenvalue weighted by Crippen LogP contribution is -2.28. The lowest BCUT2D eigenvalue weighted by atomic mass is 9.70. The summed E-state index contributed by atoms with van der Waals surface area (Å²) in [6, 6.07) is 27.1. The van der Waals surface area contributed by atoms with E-state index < -0.39 is 5.41 Å². The average molecular weight is 385 g/mol. The second-order valence-corrected chi connectivity index (χ2v) is 7.18. The van der Waals surface area contributed by atoms with E-state index in [0.717, 1.165) is 35.5 Å². The van der Waals surface area contributed by atoms with Crippen molar-refractivity contribution in [3.63, 3.8) is 0 Å². The van der Waals surface area contributed by atoms with Crippen LogP contribution >= 0.6 is 0 Å². The Kier molecular flexibility index (Phi) is 6.24. The number of anilines is 1. The molecule has 3 aromatic carbocycles. The third kappa shape index (κ3) is 3.84. The molecule has 0 saturated carbocycles. The summed E-state index contributed by atoms with van der Waals surface area (Å²) in [4.78, 5) is 2.30. The first-order valence-corrected chi connectivity index (χ1v) is 10.1. The van der Waals surface area contributed by atoms with Gasteiger partial charge in [-0.15, -0.1) is 0 Å². The van der Waals surface area contributed by atoms with Gasteiger partial charge in [-0.1, -0.05) is 54.1 Å². The van der Waals surface area contributed by atoms with Crippen LogP contribution in [-0.4, -0.2) is 20.2 Å². The molecular weight excluding hydrogens is 356 g/mol. The van der Waals surface area contributed by atoms with Crippen LogP contribution in [0.15, 0.2) is 72.8 Å². The van der Waals surface area contributed by atoms with Crippen molar-refractivity contribution in [3.05, 3.63) is 95.1 Å². The van der Waals surface area contributed by atoms with Gasteiger partial charge in [0.1, 0.15) is 11.2 Å². The summed E-state index contributed by atoms with van der Waals surface area (Å²) in [5, 5.41) is 10.5. The molecule has 29 heavy (non-hydrogen) atoms. The van der Waals surface area contributed by atoms with Gasteiger partial charge in [0.25, 0.3) is 0 Å². The first kappa shape index (κ1) is 20.5. The molecule has 0 aromatic heterocycles. The summed E-state index contributed by atoms with van der Waals surface area (Å²) in [7, 11) is 1.65. The molecule has 148 valence electrons. The molecule has 0 heterocycles. The fourth-order valence-electron chi connectivity index (χ4n) is 3.85. The lowest BCUT2D eigenvalue weighted by molar-refractivity contribution is 0.414. The molecule has 0 spiro atoms. The second-order valence-electron chi connectivity index (χ2n) is 7.18. The summed E-state index contributed by atoms with van der Waals surface area (Å²) in [6.45, 7) is 8.27. The standard InChI is InChI=1S/C26H28N2O/c1-5-28(6-2)24-15-11-22(12-16-24)26(19-27,21-9-7-20(3)8-10-21)23-13-17-25(29-4)18-14-23/h7-18H,5-6H2,1-4H3. The van der Waals surface area contributed by atoms with Crippen LogP contribution in [-0.2, 0) is 5.41 Å².